The van der Waals surface area contributed by atoms with E-state index in [-0.39, 0.29) is 5.82 Å². The monoisotopic (exact) mass is 518 g/mol. The van der Waals surface area contributed by atoms with Gasteiger partial charge in [-0.05, 0) is 86.3 Å². The zero-order chi connectivity index (χ0) is 25.5. The molecule has 7 heteroatoms. The van der Waals surface area contributed by atoms with Crippen molar-refractivity contribution in [3.8, 4) is 5.75 Å². The fourth-order valence-electron chi connectivity index (χ4n) is 7.45. The quantitative estimate of drug-likeness (QED) is 0.425. The number of nitrogens with zero attached hydrogens (tertiary/aromatic N) is 4. The normalized spacial score (nSPS) is 28.4. The van der Waals surface area contributed by atoms with E-state index in [1.54, 1.807) is 6.07 Å². The number of hydrogen-bond acceptors (Lipinski definition) is 6. The molecule has 1 saturated carbocycles. The van der Waals surface area contributed by atoms with Crippen molar-refractivity contribution >= 4 is 16.8 Å². The first kappa shape index (κ1) is 24.4. The third-order valence-corrected chi connectivity index (χ3v) is 9.51. The largest absolute Gasteiger partial charge is 0.493 e. The lowest BCUT2D eigenvalue weighted by atomic mass is 9.84. The predicted molar refractivity (Wildman–Crippen MR) is 147 cm³/mol. The van der Waals surface area contributed by atoms with Crippen molar-refractivity contribution in [3.05, 3.63) is 53.8 Å². The van der Waals surface area contributed by atoms with E-state index in [0.717, 1.165) is 74.5 Å². The fraction of sp³-hybridized carbons (Fsp3) is 0.581. The van der Waals surface area contributed by atoms with Crippen molar-refractivity contribution in [1.82, 2.24) is 15.0 Å². The summed E-state index contributed by atoms with van der Waals surface area (Å²) >= 11 is 0. The van der Waals surface area contributed by atoms with Crippen LogP contribution in [-0.4, -0.2) is 66.9 Å². The van der Waals surface area contributed by atoms with Crippen LogP contribution in [0.1, 0.15) is 44.1 Å². The summed E-state index contributed by atoms with van der Waals surface area (Å²) in [5.41, 5.74) is 2.02. The van der Waals surface area contributed by atoms with Gasteiger partial charge in [-0.25, -0.2) is 4.39 Å². The lowest BCUT2D eigenvalue weighted by molar-refractivity contribution is 0.0726. The number of aromatic nitrogens is 1. The zero-order valence-corrected chi connectivity index (χ0v) is 22.2. The van der Waals surface area contributed by atoms with Crippen molar-refractivity contribution in [2.45, 2.75) is 51.1 Å². The van der Waals surface area contributed by atoms with E-state index in [2.05, 4.69) is 44.1 Å². The molecule has 1 aromatic heterocycles. The number of hydrogen-bond donors (Lipinski definition) is 0. The molecule has 3 aromatic rings. The average Bonchev–Trinajstić information content (AvgIpc) is 3.13. The Hall–Kier alpha value is -2.64. The molecule has 202 valence electrons. The van der Waals surface area contributed by atoms with E-state index >= 15 is 0 Å². The average molecular weight is 519 g/mol. The molecule has 0 spiro atoms. The van der Waals surface area contributed by atoms with Gasteiger partial charge in [0, 0.05) is 57.8 Å². The number of rotatable bonds is 6. The summed E-state index contributed by atoms with van der Waals surface area (Å²) in [4.78, 5) is 7.57. The molecule has 4 aliphatic heterocycles. The van der Waals surface area contributed by atoms with Crippen LogP contribution in [0.5, 0.6) is 5.75 Å². The molecule has 2 unspecified atom stereocenters. The van der Waals surface area contributed by atoms with E-state index in [0.29, 0.717) is 17.5 Å². The van der Waals surface area contributed by atoms with E-state index in [9.17, 15) is 4.39 Å². The molecule has 5 fully saturated rings. The van der Waals surface area contributed by atoms with Gasteiger partial charge in [-0.1, -0.05) is 17.3 Å². The van der Waals surface area contributed by atoms with Gasteiger partial charge in [0.15, 0.2) is 11.4 Å². The molecule has 38 heavy (non-hydrogen) atoms. The van der Waals surface area contributed by atoms with Gasteiger partial charge in [-0.15, -0.1) is 0 Å². The van der Waals surface area contributed by atoms with Crippen LogP contribution >= 0.6 is 0 Å². The maximum atomic E-state index is 13.8. The molecule has 2 aromatic carbocycles. The van der Waals surface area contributed by atoms with Crippen molar-refractivity contribution in [2.24, 2.45) is 17.8 Å². The summed E-state index contributed by atoms with van der Waals surface area (Å²) in [6.07, 6.45) is 8.03. The molecule has 0 amide bonds. The predicted octanol–water partition coefficient (Wildman–Crippen LogP) is 5.57. The second-order valence-electron chi connectivity index (χ2n) is 12.2. The minimum absolute atomic E-state index is 0.250. The second kappa shape index (κ2) is 10.5. The molecule has 1 aliphatic carbocycles. The van der Waals surface area contributed by atoms with Crippen molar-refractivity contribution in [1.29, 1.82) is 0 Å². The van der Waals surface area contributed by atoms with E-state index in [1.807, 2.05) is 0 Å². The van der Waals surface area contributed by atoms with E-state index in [1.165, 1.54) is 62.9 Å². The van der Waals surface area contributed by atoms with Gasteiger partial charge >= 0.3 is 0 Å². The number of anilines is 1. The first-order chi connectivity index (χ1) is 18.7. The molecule has 6 nitrogen and oxygen atoms in total. The highest BCUT2D eigenvalue weighted by molar-refractivity contribution is 5.88. The molecule has 4 saturated heterocycles. The van der Waals surface area contributed by atoms with Crippen molar-refractivity contribution < 1.29 is 13.7 Å². The highest BCUT2D eigenvalue weighted by atomic mass is 19.1. The minimum Gasteiger partial charge on any atom is -0.493 e. The van der Waals surface area contributed by atoms with Crippen molar-refractivity contribution in [2.75, 3.05) is 50.8 Å². The molecule has 2 atom stereocenters. The number of ether oxygens (including phenoxy) is 1. The van der Waals surface area contributed by atoms with Gasteiger partial charge in [0.1, 0.15) is 11.6 Å². The Balaban J connectivity index is 0.921. The highest BCUT2D eigenvalue weighted by Gasteiger charge is 2.34. The summed E-state index contributed by atoms with van der Waals surface area (Å²) in [5.74, 6) is 3.90. The molecule has 5 heterocycles. The molecule has 2 bridgehead atoms. The molecular weight excluding hydrogens is 479 g/mol. The van der Waals surface area contributed by atoms with Gasteiger partial charge in [0.2, 0.25) is 0 Å². The Morgan fingerprint density at radius 3 is 2.58 bits per heavy atom. The molecule has 8 rings (SSSR count). The Morgan fingerprint density at radius 1 is 0.895 bits per heavy atom. The maximum Gasteiger partial charge on any atom is 0.180 e. The maximum absolute atomic E-state index is 13.8. The van der Waals surface area contributed by atoms with Gasteiger partial charge in [-0.2, -0.15) is 0 Å². The summed E-state index contributed by atoms with van der Waals surface area (Å²) in [5, 5.41) is 5.05. The Morgan fingerprint density at radius 2 is 1.74 bits per heavy atom. The van der Waals surface area contributed by atoms with E-state index in [4.69, 9.17) is 9.26 Å². The van der Waals surface area contributed by atoms with Crippen LogP contribution in [0.3, 0.4) is 0 Å². The SMILES string of the molecule is Fc1ccc2onc(N3CCN4CC(COc5cccc(CN6CC7CCC(CC7)C6)c5)CCC4C3)c2c1. The molecule has 5 aliphatic rings. The number of piperidine rings is 1. The van der Waals surface area contributed by atoms with Crippen LogP contribution in [0.15, 0.2) is 47.0 Å². The molecular formula is C31H39FN4O2. The van der Waals surface area contributed by atoms with Crippen LogP contribution in [0, 0.1) is 23.6 Å². The smallest absolute Gasteiger partial charge is 0.180 e. The van der Waals surface area contributed by atoms with E-state index < -0.39 is 0 Å². The Bertz CT molecular complexity index is 1240. The zero-order valence-electron chi connectivity index (χ0n) is 22.2. The van der Waals surface area contributed by atoms with Crippen LogP contribution < -0.4 is 9.64 Å². The van der Waals surface area contributed by atoms with Crippen molar-refractivity contribution in [3.63, 3.8) is 0 Å². The molecule has 0 radical (unpaired) electrons. The minimum atomic E-state index is -0.250. The van der Waals surface area contributed by atoms with Crippen LogP contribution in [0.2, 0.25) is 0 Å². The third kappa shape index (κ3) is 5.15. The summed E-state index contributed by atoms with van der Waals surface area (Å²) in [6, 6.07) is 13.9. The molecule has 0 N–H and O–H groups in total. The Labute approximate surface area is 224 Å². The first-order valence-corrected chi connectivity index (χ1v) is 14.6. The number of benzene rings is 2. The topological polar surface area (TPSA) is 45.0 Å². The lowest BCUT2D eigenvalue weighted by Crippen LogP contribution is -2.57. The first-order valence-electron chi connectivity index (χ1n) is 14.6. The Kier molecular flexibility index (Phi) is 6.74. The fourth-order valence-corrected chi connectivity index (χ4v) is 7.45. The third-order valence-electron chi connectivity index (χ3n) is 9.51. The van der Waals surface area contributed by atoms with Gasteiger partial charge in [-0.3, -0.25) is 9.80 Å². The van der Waals surface area contributed by atoms with Crippen LogP contribution in [0.25, 0.3) is 11.0 Å². The van der Waals surface area contributed by atoms with Gasteiger partial charge in [0.25, 0.3) is 0 Å². The summed E-state index contributed by atoms with van der Waals surface area (Å²) in [7, 11) is 0. The highest BCUT2D eigenvalue weighted by Crippen LogP contribution is 2.35. The number of piperazine rings is 1. The summed E-state index contributed by atoms with van der Waals surface area (Å²) in [6.45, 7) is 8.20. The standard InChI is InChI=1S/C31H39FN4O2/c32-26-9-11-30-29(15-26)31(33-38-30)36-13-12-35-19-25(8-10-27(35)20-36)21-37-28-3-1-2-24(14-28)18-34-16-22-4-5-23(17-34)7-6-22/h1-3,9,11,14-15,22-23,25,27H,4-8,10,12-13,16-21H2. The summed E-state index contributed by atoms with van der Waals surface area (Å²) < 4.78 is 25.7. The van der Waals surface area contributed by atoms with Crippen LogP contribution in [-0.2, 0) is 6.54 Å². The van der Waals surface area contributed by atoms with Crippen LogP contribution in [0.4, 0.5) is 10.2 Å². The number of halogens is 1. The second-order valence-corrected chi connectivity index (χ2v) is 12.2. The number of fused-ring (bicyclic) bond motifs is 6. The van der Waals surface area contributed by atoms with Gasteiger partial charge in [0.05, 0.1) is 12.0 Å². The lowest BCUT2D eigenvalue weighted by Gasteiger charge is -2.46. The van der Waals surface area contributed by atoms with Gasteiger partial charge < -0.3 is 14.2 Å².